The van der Waals surface area contributed by atoms with Gasteiger partial charge in [-0.05, 0) is 36.4 Å². The predicted molar refractivity (Wildman–Crippen MR) is 104 cm³/mol. The molecule has 0 aliphatic carbocycles. The molecule has 1 aliphatic rings. The van der Waals surface area contributed by atoms with Gasteiger partial charge in [-0.3, -0.25) is 4.40 Å². The van der Waals surface area contributed by atoms with Crippen LogP contribution >= 0.6 is 11.6 Å². The molecule has 0 radical (unpaired) electrons. The Kier molecular flexibility index (Phi) is 4.62. The molecule has 2 N–H and O–H groups in total. The van der Waals surface area contributed by atoms with Gasteiger partial charge >= 0.3 is 0 Å². The molecule has 0 bridgehead atoms. The monoisotopic (exact) mass is 369 g/mol. The van der Waals surface area contributed by atoms with Crippen LogP contribution in [0.2, 0.25) is 5.02 Å². The highest BCUT2D eigenvalue weighted by atomic mass is 35.5. The summed E-state index contributed by atoms with van der Waals surface area (Å²) >= 11 is 5.96. The molecule has 3 aromatic rings. The number of rotatable bonds is 3. The average molecular weight is 370 g/mol. The molecule has 3 heterocycles. The minimum atomic E-state index is 0.411. The molecular weight excluding hydrogens is 350 g/mol. The second-order valence-electron chi connectivity index (χ2n) is 6.17. The fraction of sp³-hybridized carbons (Fsp3) is 0.278. The van der Waals surface area contributed by atoms with E-state index in [0.717, 1.165) is 42.7 Å². The Morgan fingerprint density at radius 2 is 1.81 bits per heavy atom. The van der Waals surface area contributed by atoms with Gasteiger partial charge in [0.05, 0.1) is 0 Å². The van der Waals surface area contributed by atoms with E-state index in [1.807, 2.05) is 53.1 Å². The lowest BCUT2D eigenvalue weighted by atomic mass is 10.2. The Morgan fingerprint density at radius 1 is 1.04 bits per heavy atom. The van der Waals surface area contributed by atoms with Crippen molar-refractivity contribution in [2.45, 2.75) is 6.54 Å². The van der Waals surface area contributed by atoms with Crippen LogP contribution in [0.1, 0.15) is 5.82 Å². The Morgan fingerprint density at radius 3 is 2.58 bits per heavy atom. The lowest BCUT2D eigenvalue weighted by Gasteiger charge is -2.36. The van der Waals surface area contributed by atoms with Crippen molar-refractivity contribution in [1.29, 1.82) is 0 Å². The number of aromatic nitrogens is 3. The molecule has 26 heavy (non-hydrogen) atoms. The number of hydrogen-bond acceptors (Lipinski definition) is 4. The van der Waals surface area contributed by atoms with Gasteiger partial charge < -0.3 is 15.5 Å². The van der Waals surface area contributed by atoms with Crippen LogP contribution in [-0.2, 0) is 6.54 Å². The number of benzene rings is 1. The van der Waals surface area contributed by atoms with Crippen molar-refractivity contribution >= 4 is 28.9 Å². The summed E-state index contributed by atoms with van der Waals surface area (Å²) in [6.07, 6.45) is 1.93. The number of piperazine rings is 1. The van der Waals surface area contributed by atoms with Crippen molar-refractivity contribution in [3.05, 3.63) is 59.5 Å². The number of anilines is 1. The maximum atomic E-state index is 6.20. The second kappa shape index (κ2) is 7.21. The van der Waals surface area contributed by atoms with Crippen molar-refractivity contribution in [3.8, 4) is 0 Å². The maximum absolute atomic E-state index is 6.20. The average Bonchev–Trinajstić information content (AvgIpc) is 3.10. The van der Waals surface area contributed by atoms with Crippen LogP contribution in [-0.4, -0.2) is 51.6 Å². The van der Waals surface area contributed by atoms with Crippen molar-refractivity contribution < 1.29 is 0 Å². The van der Waals surface area contributed by atoms with Crippen LogP contribution in [0.4, 0.5) is 5.69 Å². The van der Waals surface area contributed by atoms with E-state index < -0.39 is 0 Å². The molecule has 0 saturated carbocycles. The summed E-state index contributed by atoms with van der Waals surface area (Å²) in [6, 6.07) is 13.7. The molecule has 1 aliphatic heterocycles. The van der Waals surface area contributed by atoms with Gasteiger partial charge in [-0.2, -0.15) is 0 Å². The zero-order valence-corrected chi connectivity index (χ0v) is 15.0. The molecule has 0 unspecified atom stereocenters. The van der Waals surface area contributed by atoms with E-state index in [9.17, 15) is 0 Å². The smallest absolute Gasteiger partial charge is 0.191 e. The molecule has 0 spiro atoms. The molecule has 134 valence electrons. The molecule has 0 atom stereocenters. The first kappa shape index (κ1) is 16.7. The number of nitrogens with zero attached hydrogens (tertiary/aromatic N) is 6. The van der Waals surface area contributed by atoms with E-state index in [1.54, 1.807) is 0 Å². The van der Waals surface area contributed by atoms with Crippen LogP contribution in [0.3, 0.4) is 0 Å². The number of pyridine rings is 1. The lowest BCUT2D eigenvalue weighted by molar-refractivity contribution is 0.380. The van der Waals surface area contributed by atoms with Gasteiger partial charge in [0.2, 0.25) is 0 Å². The van der Waals surface area contributed by atoms with Gasteiger partial charge in [0.15, 0.2) is 17.4 Å². The number of halogens is 1. The van der Waals surface area contributed by atoms with E-state index in [-0.39, 0.29) is 0 Å². The molecule has 8 heteroatoms. The van der Waals surface area contributed by atoms with E-state index in [1.165, 1.54) is 5.69 Å². The van der Waals surface area contributed by atoms with Crippen molar-refractivity contribution in [2.24, 2.45) is 10.7 Å². The molecular formula is C18H20ClN7. The fourth-order valence-electron chi connectivity index (χ4n) is 3.10. The van der Waals surface area contributed by atoms with Gasteiger partial charge in [0, 0.05) is 43.1 Å². The quantitative estimate of drug-likeness (QED) is 0.564. The van der Waals surface area contributed by atoms with Crippen molar-refractivity contribution in [1.82, 2.24) is 19.5 Å². The van der Waals surface area contributed by atoms with E-state index >= 15 is 0 Å². The third-order valence-electron chi connectivity index (χ3n) is 4.56. The van der Waals surface area contributed by atoms with Gasteiger partial charge in [-0.1, -0.05) is 17.7 Å². The lowest BCUT2D eigenvalue weighted by Crippen LogP contribution is -2.51. The Labute approximate surface area is 156 Å². The van der Waals surface area contributed by atoms with Crippen molar-refractivity contribution in [3.63, 3.8) is 0 Å². The zero-order chi connectivity index (χ0) is 17.9. The topological polar surface area (TPSA) is 75.0 Å². The summed E-state index contributed by atoms with van der Waals surface area (Å²) in [7, 11) is 0. The Balaban J connectivity index is 1.37. The molecule has 1 saturated heterocycles. The van der Waals surface area contributed by atoms with Gasteiger partial charge in [0.1, 0.15) is 6.54 Å². The summed E-state index contributed by atoms with van der Waals surface area (Å²) < 4.78 is 1.93. The van der Waals surface area contributed by atoms with E-state index in [0.29, 0.717) is 12.5 Å². The van der Waals surface area contributed by atoms with Crippen LogP contribution in [0.25, 0.3) is 5.65 Å². The normalized spacial score (nSPS) is 15.7. The Hall–Kier alpha value is -2.80. The molecule has 0 amide bonds. The SMILES string of the molecule is NC(=NCc1nnc2ccccn12)N1CCN(c2ccc(Cl)cc2)CC1. The van der Waals surface area contributed by atoms with Gasteiger partial charge in [-0.25, -0.2) is 4.99 Å². The molecule has 7 nitrogen and oxygen atoms in total. The Bertz CT molecular complexity index is 911. The van der Waals surface area contributed by atoms with E-state index in [2.05, 4.69) is 25.0 Å². The summed E-state index contributed by atoms with van der Waals surface area (Å²) in [4.78, 5) is 8.94. The number of nitrogens with two attached hydrogens (primary N) is 1. The molecule has 1 fully saturated rings. The summed E-state index contributed by atoms with van der Waals surface area (Å²) in [5, 5.41) is 9.07. The summed E-state index contributed by atoms with van der Waals surface area (Å²) in [5.41, 5.74) is 8.19. The first-order valence-corrected chi connectivity index (χ1v) is 8.92. The summed E-state index contributed by atoms with van der Waals surface area (Å²) in [6.45, 7) is 3.86. The van der Waals surface area contributed by atoms with Gasteiger partial charge in [-0.15, -0.1) is 10.2 Å². The minimum Gasteiger partial charge on any atom is -0.370 e. The number of hydrogen-bond donors (Lipinski definition) is 1. The standard InChI is InChI=1S/C18H20ClN7/c19-14-4-6-15(7-5-14)24-9-11-25(12-10-24)18(20)21-13-17-23-22-16-3-1-2-8-26(16)17/h1-8H,9-13H2,(H2,20,21). The third kappa shape index (κ3) is 3.43. The molecule has 1 aromatic carbocycles. The highest BCUT2D eigenvalue weighted by Gasteiger charge is 2.18. The minimum absolute atomic E-state index is 0.411. The zero-order valence-electron chi connectivity index (χ0n) is 14.3. The van der Waals surface area contributed by atoms with Crippen LogP contribution < -0.4 is 10.6 Å². The van der Waals surface area contributed by atoms with Crippen LogP contribution in [0.5, 0.6) is 0 Å². The largest absolute Gasteiger partial charge is 0.370 e. The van der Waals surface area contributed by atoms with Crippen LogP contribution in [0, 0.1) is 0 Å². The predicted octanol–water partition coefficient (Wildman–Crippen LogP) is 2.02. The second-order valence-corrected chi connectivity index (χ2v) is 6.61. The molecule has 2 aromatic heterocycles. The first-order chi connectivity index (χ1) is 12.7. The number of aliphatic imine (C=N–C) groups is 1. The van der Waals surface area contributed by atoms with E-state index in [4.69, 9.17) is 17.3 Å². The van der Waals surface area contributed by atoms with Crippen molar-refractivity contribution in [2.75, 3.05) is 31.1 Å². The van der Waals surface area contributed by atoms with Gasteiger partial charge in [0.25, 0.3) is 0 Å². The highest BCUT2D eigenvalue weighted by Crippen LogP contribution is 2.19. The fourth-order valence-corrected chi connectivity index (χ4v) is 3.22. The third-order valence-corrected chi connectivity index (χ3v) is 4.81. The summed E-state index contributed by atoms with van der Waals surface area (Å²) in [5.74, 6) is 1.33. The number of guanidine groups is 1. The first-order valence-electron chi connectivity index (χ1n) is 8.55. The highest BCUT2D eigenvalue weighted by molar-refractivity contribution is 6.30. The maximum Gasteiger partial charge on any atom is 0.191 e. The van der Waals surface area contributed by atoms with Crippen LogP contribution in [0.15, 0.2) is 53.7 Å². The number of fused-ring (bicyclic) bond motifs is 1. The molecule has 4 rings (SSSR count).